The van der Waals surface area contributed by atoms with Crippen molar-refractivity contribution in [1.82, 2.24) is 0 Å². The average Bonchev–Trinajstić information content (AvgIpc) is 2.25. The molecule has 0 aliphatic rings. The molecule has 0 aliphatic heterocycles. The highest BCUT2D eigenvalue weighted by Crippen LogP contribution is 2.24. The lowest BCUT2D eigenvalue weighted by molar-refractivity contribution is 0.270. The molecule has 0 atom stereocenters. The number of ether oxygens (including phenoxy) is 1. The summed E-state index contributed by atoms with van der Waals surface area (Å²) in [5, 5.41) is 11.6. The topological polar surface area (TPSA) is 67.8 Å². The molecule has 1 aromatic carbocycles. The van der Waals surface area contributed by atoms with E-state index < -0.39 is 0 Å². The number of nitrogens with zero attached hydrogens (tertiary/aromatic N) is 1. The Balaban J connectivity index is 2.99. The zero-order valence-corrected chi connectivity index (χ0v) is 10.9. The van der Waals surface area contributed by atoms with Crippen LogP contribution in [-0.4, -0.2) is 17.6 Å². The van der Waals surface area contributed by atoms with Crippen molar-refractivity contribution in [2.75, 3.05) is 6.61 Å². The summed E-state index contributed by atoms with van der Waals surface area (Å²) in [6.45, 7) is 4.70. The number of benzene rings is 1. The molecular formula is C11H15BrN2O2. The fourth-order valence-electron chi connectivity index (χ4n) is 1.14. The lowest BCUT2D eigenvalue weighted by atomic mass is 10.2. The van der Waals surface area contributed by atoms with Crippen molar-refractivity contribution in [2.24, 2.45) is 16.8 Å². The zero-order chi connectivity index (χ0) is 12.1. The maximum Gasteiger partial charge on any atom is 0.173 e. The summed E-state index contributed by atoms with van der Waals surface area (Å²) >= 11 is 3.35. The third kappa shape index (κ3) is 3.41. The molecule has 0 bridgehead atoms. The fraction of sp³-hybridized carbons (Fsp3) is 0.364. The molecule has 1 rings (SSSR count). The summed E-state index contributed by atoms with van der Waals surface area (Å²) in [6.07, 6.45) is 0. The monoisotopic (exact) mass is 286 g/mol. The standard InChI is InChI=1S/C11H15BrN2O2/c1-7(2)6-16-10-5-8(12)3-4-9(10)11(13)14-15/h3-5,7,15H,6H2,1-2H3,(H2,13,14). The van der Waals surface area contributed by atoms with E-state index in [0.29, 0.717) is 23.8 Å². The highest BCUT2D eigenvalue weighted by atomic mass is 79.9. The van der Waals surface area contributed by atoms with Crippen LogP contribution in [0.25, 0.3) is 0 Å². The average molecular weight is 287 g/mol. The number of hydrogen-bond donors (Lipinski definition) is 2. The Morgan fingerprint density at radius 3 is 2.81 bits per heavy atom. The van der Waals surface area contributed by atoms with Gasteiger partial charge in [0.15, 0.2) is 5.84 Å². The third-order valence-electron chi connectivity index (χ3n) is 1.90. The number of oxime groups is 1. The van der Waals surface area contributed by atoms with E-state index in [2.05, 4.69) is 34.9 Å². The summed E-state index contributed by atoms with van der Waals surface area (Å²) in [4.78, 5) is 0. The summed E-state index contributed by atoms with van der Waals surface area (Å²) in [5.74, 6) is 1.07. The molecule has 0 spiro atoms. The molecule has 0 saturated carbocycles. The molecule has 0 aliphatic carbocycles. The minimum atomic E-state index is 0.0475. The highest BCUT2D eigenvalue weighted by molar-refractivity contribution is 9.10. The first-order chi connectivity index (χ1) is 7.54. The molecule has 4 nitrogen and oxygen atoms in total. The molecule has 88 valence electrons. The first kappa shape index (κ1) is 12.8. The van der Waals surface area contributed by atoms with Crippen molar-refractivity contribution >= 4 is 21.8 Å². The lowest BCUT2D eigenvalue weighted by Gasteiger charge is -2.12. The number of hydrogen-bond acceptors (Lipinski definition) is 3. The molecule has 1 aromatic rings. The SMILES string of the molecule is CC(C)COc1cc(Br)ccc1/C(N)=N/O. The number of halogens is 1. The predicted molar refractivity (Wildman–Crippen MR) is 67.0 cm³/mol. The molecule has 0 saturated heterocycles. The van der Waals surface area contributed by atoms with Gasteiger partial charge in [0.05, 0.1) is 12.2 Å². The van der Waals surface area contributed by atoms with Crippen molar-refractivity contribution in [1.29, 1.82) is 0 Å². The lowest BCUT2D eigenvalue weighted by Crippen LogP contribution is -2.16. The van der Waals surface area contributed by atoms with Crippen molar-refractivity contribution in [3.63, 3.8) is 0 Å². The Labute approximate surface area is 103 Å². The van der Waals surface area contributed by atoms with Crippen LogP contribution in [0.15, 0.2) is 27.8 Å². The molecule has 0 radical (unpaired) electrons. The molecule has 0 heterocycles. The predicted octanol–water partition coefficient (Wildman–Crippen LogP) is 2.58. The summed E-state index contributed by atoms with van der Waals surface area (Å²) in [7, 11) is 0. The van der Waals surface area contributed by atoms with Crippen molar-refractivity contribution in [3.05, 3.63) is 28.2 Å². The van der Waals surface area contributed by atoms with Crippen LogP contribution in [0.2, 0.25) is 0 Å². The van der Waals surface area contributed by atoms with E-state index in [0.717, 1.165) is 4.47 Å². The van der Waals surface area contributed by atoms with Gasteiger partial charge >= 0.3 is 0 Å². The van der Waals surface area contributed by atoms with Gasteiger partial charge in [-0.25, -0.2) is 0 Å². The van der Waals surface area contributed by atoms with Crippen LogP contribution in [-0.2, 0) is 0 Å². The second-order valence-electron chi connectivity index (χ2n) is 3.83. The zero-order valence-electron chi connectivity index (χ0n) is 9.27. The van der Waals surface area contributed by atoms with Crippen molar-refractivity contribution in [2.45, 2.75) is 13.8 Å². The summed E-state index contributed by atoms with van der Waals surface area (Å²) < 4.78 is 6.49. The maximum absolute atomic E-state index is 8.66. The molecule has 0 aromatic heterocycles. The second-order valence-corrected chi connectivity index (χ2v) is 4.75. The molecule has 3 N–H and O–H groups in total. The fourth-order valence-corrected chi connectivity index (χ4v) is 1.48. The van der Waals surface area contributed by atoms with Gasteiger partial charge in [-0.3, -0.25) is 0 Å². The van der Waals surface area contributed by atoms with Crippen LogP contribution < -0.4 is 10.5 Å². The molecule has 0 unspecified atom stereocenters. The van der Waals surface area contributed by atoms with Crippen molar-refractivity contribution in [3.8, 4) is 5.75 Å². The van der Waals surface area contributed by atoms with Gasteiger partial charge in [-0.05, 0) is 24.1 Å². The van der Waals surface area contributed by atoms with Crippen LogP contribution in [0, 0.1) is 5.92 Å². The van der Waals surface area contributed by atoms with Gasteiger partial charge in [-0.15, -0.1) is 0 Å². The van der Waals surface area contributed by atoms with Gasteiger partial charge < -0.3 is 15.7 Å². The van der Waals surface area contributed by atoms with Gasteiger partial charge in [0.1, 0.15) is 5.75 Å². The Morgan fingerprint density at radius 1 is 1.56 bits per heavy atom. The second kappa shape index (κ2) is 5.75. The molecule has 5 heteroatoms. The maximum atomic E-state index is 8.66. The van der Waals surface area contributed by atoms with E-state index in [4.69, 9.17) is 15.7 Å². The highest BCUT2D eigenvalue weighted by Gasteiger charge is 2.09. The Kier molecular flexibility index (Phi) is 4.61. The summed E-state index contributed by atoms with van der Waals surface area (Å²) in [6, 6.07) is 5.36. The van der Waals surface area contributed by atoms with Gasteiger partial charge in [0.2, 0.25) is 0 Å². The first-order valence-corrected chi connectivity index (χ1v) is 5.74. The molecule has 0 fully saturated rings. The van der Waals surface area contributed by atoms with Crippen LogP contribution in [0.4, 0.5) is 0 Å². The molecular weight excluding hydrogens is 272 g/mol. The third-order valence-corrected chi connectivity index (χ3v) is 2.39. The minimum absolute atomic E-state index is 0.0475. The quantitative estimate of drug-likeness (QED) is 0.387. The van der Waals surface area contributed by atoms with Gasteiger partial charge in [0.25, 0.3) is 0 Å². The van der Waals surface area contributed by atoms with E-state index in [1.165, 1.54) is 0 Å². The molecule has 0 amide bonds. The van der Waals surface area contributed by atoms with E-state index in [9.17, 15) is 0 Å². The number of rotatable bonds is 4. The van der Waals surface area contributed by atoms with Crippen LogP contribution in [0.3, 0.4) is 0 Å². The van der Waals surface area contributed by atoms with Gasteiger partial charge in [0, 0.05) is 4.47 Å². The number of nitrogens with two attached hydrogens (primary N) is 1. The van der Waals surface area contributed by atoms with E-state index in [-0.39, 0.29) is 5.84 Å². The molecule has 16 heavy (non-hydrogen) atoms. The minimum Gasteiger partial charge on any atom is -0.493 e. The normalized spacial score (nSPS) is 11.9. The Bertz CT molecular complexity index is 392. The Morgan fingerprint density at radius 2 is 2.25 bits per heavy atom. The first-order valence-electron chi connectivity index (χ1n) is 4.95. The Hall–Kier alpha value is -1.23. The van der Waals surface area contributed by atoms with Crippen molar-refractivity contribution < 1.29 is 9.94 Å². The van der Waals surface area contributed by atoms with Gasteiger partial charge in [-0.1, -0.05) is 34.9 Å². The van der Waals surface area contributed by atoms with Crippen LogP contribution in [0.5, 0.6) is 5.75 Å². The largest absolute Gasteiger partial charge is 0.493 e. The van der Waals surface area contributed by atoms with Crippen LogP contribution in [0.1, 0.15) is 19.4 Å². The summed E-state index contributed by atoms with van der Waals surface area (Å²) in [5.41, 5.74) is 6.15. The van der Waals surface area contributed by atoms with E-state index in [1.54, 1.807) is 12.1 Å². The number of amidine groups is 1. The van der Waals surface area contributed by atoms with Crippen LogP contribution >= 0.6 is 15.9 Å². The van der Waals surface area contributed by atoms with E-state index in [1.807, 2.05) is 6.07 Å². The van der Waals surface area contributed by atoms with E-state index >= 15 is 0 Å². The smallest absolute Gasteiger partial charge is 0.173 e. The van der Waals surface area contributed by atoms with Gasteiger partial charge in [-0.2, -0.15) is 0 Å².